The summed E-state index contributed by atoms with van der Waals surface area (Å²) in [5, 5.41) is 2.48. The van der Waals surface area contributed by atoms with Gasteiger partial charge in [0.1, 0.15) is 0 Å². The maximum Gasteiger partial charge on any atom is 0.262 e. The molecule has 0 spiro atoms. The Morgan fingerprint density at radius 1 is 1.26 bits per heavy atom. The number of hydrogen-bond donors (Lipinski definition) is 3. The highest BCUT2D eigenvalue weighted by Gasteiger charge is 2.07. The topological polar surface area (TPSA) is 93.5 Å². The molecule has 0 saturated carbocycles. The normalized spacial score (nSPS) is 10.3. The van der Waals surface area contributed by atoms with Gasteiger partial charge in [0, 0.05) is 11.3 Å². The molecule has 6 nitrogen and oxygen atoms in total. The van der Waals surface area contributed by atoms with E-state index in [0.29, 0.717) is 23.8 Å². The van der Waals surface area contributed by atoms with Gasteiger partial charge in [-0.25, -0.2) is 5.48 Å². The zero-order valence-electron chi connectivity index (χ0n) is 11.1. The fourth-order valence-corrected chi connectivity index (χ4v) is 1.22. The first kappa shape index (κ1) is 15.0. The van der Waals surface area contributed by atoms with E-state index in [0.717, 1.165) is 0 Å². The molecule has 0 fully saturated rings. The van der Waals surface area contributed by atoms with E-state index in [2.05, 4.69) is 10.8 Å². The van der Waals surface area contributed by atoms with Crippen molar-refractivity contribution in [2.24, 2.45) is 5.92 Å². The van der Waals surface area contributed by atoms with Crippen LogP contribution >= 0.6 is 0 Å². The van der Waals surface area contributed by atoms with Crippen LogP contribution in [0.1, 0.15) is 24.2 Å². The van der Waals surface area contributed by atoms with Gasteiger partial charge in [-0.15, -0.1) is 0 Å². The van der Waals surface area contributed by atoms with Crippen LogP contribution in [0.3, 0.4) is 0 Å². The molecule has 0 atom stereocenters. The van der Waals surface area contributed by atoms with Crippen LogP contribution in [0.4, 0.5) is 5.69 Å². The van der Waals surface area contributed by atoms with Gasteiger partial charge in [0.15, 0.2) is 0 Å². The molecule has 1 aromatic carbocycles. The quantitative estimate of drug-likeness (QED) is 0.521. The van der Waals surface area contributed by atoms with Gasteiger partial charge in [0.05, 0.1) is 13.2 Å². The molecule has 0 saturated heterocycles. The molecule has 0 aliphatic heterocycles. The molecule has 0 bridgehead atoms. The number of rotatable bonds is 6. The summed E-state index contributed by atoms with van der Waals surface area (Å²) in [6.45, 7) is 4.23. The zero-order chi connectivity index (χ0) is 14.3. The molecule has 0 aliphatic rings. The Hall–Kier alpha value is -2.08. The van der Waals surface area contributed by atoms with E-state index in [1.54, 1.807) is 24.3 Å². The SMILES string of the molecule is CC(C)CONC(=O)CNC(=O)c1ccc(N)cc1. The molecule has 2 amide bonds. The van der Waals surface area contributed by atoms with Gasteiger partial charge >= 0.3 is 0 Å². The van der Waals surface area contributed by atoms with Crippen molar-refractivity contribution in [2.45, 2.75) is 13.8 Å². The molecule has 19 heavy (non-hydrogen) atoms. The second-order valence-electron chi connectivity index (χ2n) is 4.53. The highest BCUT2D eigenvalue weighted by Crippen LogP contribution is 2.04. The van der Waals surface area contributed by atoms with Crippen molar-refractivity contribution >= 4 is 17.5 Å². The first-order valence-corrected chi connectivity index (χ1v) is 6.03. The average molecular weight is 265 g/mol. The molecule has 4 N–H and O–H groups in total. The summed E-state index contributed by atoms with van der Waals surface area (Å²) < 4.78 is 0. The number of anilines is 1. The van der Waals surface area contributed by atoms with Crippen molar-refractivity contribution in [3.8, 4) is 0 Å². The molecular weight excluding hydrogens is 246 g/mol. The second-order valence-corrected chi connectivity index (χ2v) is 4.53. The summed E-state index contributed by atoms with van der Waals surface area (Å²) in [4.78, 5) is 28.0. The van der Waals surface area contributed by atoms with E-state index in [1.165, 1.54) is 0 Å². The number of hydrogen-bond acceptors (Lipinski definition) is 4. The van der Waals surface area contributed by atoms with Crippen molar-refractivity contribution in [1.29, 1.82) is 0 Å². The lowest BCUT2D eigenvalue weighted by atomic mass is 10.2. The Bertz CT molecular complexity index is 429. The highest BCUT2D eigenvalue weighted by atomic mass is 16.6. The smallest absolute Gasteiger partial charge is 0.262 e. The second kappa shape index (κ2) is 7.38. The molecule has 0 aromatic heterocycles. The monoisotopic (exact) mass is 265 g/mol. The van der Waals surface area contributed by atoms with Gasteiger partial charge in [-0.1, -0.05) is 13.8 Å². The highest BCUT2D eigenvalue weighted by molar-refractivity contribution is 5.96. The van der Waals surface area contributed by atoms with E-state index in [9.17, 15) is 9.59 Å². The number of nitrogen functional groups attached to an aromatic ring is 1. The maximum absolute atomic E-state index is 11.7. The van der Waals surface area contributed by atoms with Gasteiger partial charge in [0.2, 0.25) is 0 Å². The van der Waals surface area contributed by atoms with E-state index in [4.69, 9.17) is 10.6 Å². The van der Waals surface area contributed by atoms with E-state index < -0.39 is 5.91 Å². The molecule has 104 valence electrons. The summed E-state index contributed by atoms with van der Waals surface area (Å²) >= 11 is 0. The molecule has 0 aliphatic carbocycles. The number of carbonyl (C=O) groups excluding carboxylic acids is 2. The molecule has 1 rings (SSSR count). The minimum atomic E-state index is -0.399. The van der Waals surface area contributed by atoms with Gasteiger partial charge in [-0.2, -0.15) is 0 Å². The van der Waals surface area contributed by atoms with Crippen LogP contribution in [0.5, 0.6) is 0 Å². The molecule has 6 heteroatoms. The summed E-state index contributed by atoms with van der Waals surface area (Å²) in [7, 11) is 0. The number of benzene rings is 1. The third-order valence-electron chi connectivity index (χ3n) is 2.19. The minimum Gasteiger partial charge on any atom is -0.399 e. The number of hydroxylamine groups is 1. The third-order valence-corrected chi connectivity index (χ3v) is 2.19. The maximum atomic E-state index is 11.7. The third kappa shape index (κ3) is 5.87. The Labute approximate surface area is 112 Å². The minimum absolute atomic E-state index is 0.138. The average Bonchev–Trinajstić information content (AvgIpc) is 2.36. The van der Waals surface area contributed by atoms with Crippen LogP contribution in [0.25, 0.3) is 0 Å². The van der Waals surface area contributed by atoms with Crippen molar-refractivity contribution in [3.05, 3.63) is 29.8 Å². The number of carbonyl (C=O) groups is 2. The molecule has 1 aromatic rings. The first-order valence-electron chi connectivity index (χ1n) is 6.03. The number of nitrogens with two attached hydrogens (primary N) is 1. The molecule has 0 radical (unpaired) electrons. The van der Waals surface area contributed by atoms with Crippen LogP contribution in [-0.2, 0) is 9.63 Å². The number of nitrogens with one attached hydrogen (secondary N) is 2. The number of amides is 2. The lowest BCUT2D eigenvalue weighted by Crippen LogP contribution is -2.37. The van der Waals surface area contributed by atoms with Crippen LogP contribution < -0.4 is 16.5 Å². The van der Waals surface area contributed by atoms with E-state index in [-0.39, 0.29) is 12.5 Å². The van der Waals surface area contributed by atoms with Crippen molar-refractivity contribution in [3.63, 3.8) is 0 Å². The van der Waals surface area contributed by atoms with Crippen LogP contribution in [0.15, 0.2) is 24.3 Å². The van der Waals surface area contributed by atoms with E-state index >= 15 is 0 Å². The Balaban J connectivity index is 2.30. The summed E-state index contributed by atoms with van der Waals surface area (Å²) in [6, 6.07) is 6.44. The van der Waals surface area contributed by atoms with Crippen LogP contribution in [0, 0.1) is 5.92 Å². The van der Waals surface area contributed by atoms with Crippen LogP contribution in [0.2, 0.25) is 0 Å². The Morgan fingerprint density at radius 3 is 2.47 bits per heavy atom. The van der Waals surface area contributed by atoms with Gasteiger partial charge in [-0.3, -0.25) is 14.4 Å². The molecule has 0 heterocycles. The molecule has 0 unspecified atom stereocenters. The van der Waals surface area contributed by atoms with Gasteiger partial charge in [0.25, 0.3) is 11.8 Å². The lowest BCUT2D eigenvalue weighted by molar-refractivity contribution is -0.133. The fourth-order valence-electron chi connectivity index (χ4n) is 1.22. The Kier molecular flexibility index (Phi) is 5.81. The fraction of sp³-hybridized carbons (Fsp3) is 0.385. The van der Waals surface area contributed by atoms with Crippen molar-refractivity contribution < 1.29 is 14.4 Å². The summed E-state index contributed by atoms with van der Waals surface area (Å²) in [6.07, 6.45) is 0. The predicted octanol–water partition coefficient (Wildman–Crippen LogP) is 0.702. The largest absolute Gasteiger partial charge is 0.399 e. The summed E-state index contributed by atoms with van der Waals surface area (Å²) in [5.41, 5.74) is 8.80. The van der Waals surface area contributed by atoms with Crippen LogP contribution in [-0.4, -0.2) is 25.0 Å². The van der Waals surface area contributed by atoms with Gasteiger partial charge < -0.3 is 11.1 Å². The summed E-state index contributed by atoms with van der Waals surface area (Å²) in [5.74, 6) is -0.409. The van der Waals surface area contributed by atoms with E-state index in [1.807, 2.05) is 13.8 Å². The predicted molar refractivity (Wildman–Crippen MR) is 72.1 cm³/mol. The lowest BCUT2D eigenvalue weighted by Gasteiger charge is -2.08. The standard InChI is InChI=1S/C13H19N3O3/c1-9(2)8-19-16-12(17)7-15-13(18)10-3-5-11(14)6-4-10/h3-6,9H,7-8,14H2,1-2H3,(H,15,18)(H,16,17). The Morgan fingerprint density at radius 2 is 1.89 bits per heavy atom. The molecular formula is C13H19N3O3. The first-order chi connectivity index (χ1) is 8.99. The zero-order valence-corrected chi connectivity index (χ0v) is 11.1. The van der Waals surface area contributed by atoms with Crippen molar-refractivity contribution in [1.82, 2.24) is 10.8 Å². The van der Waals surface area contributed by atoms with Gasteiger partial charge in [-0.05, 0) is 30.2 Å². The van der Waals surface area contributed by atoms with Crippen molar-refractivity contribution in [2.75, 3.05) is 18.9 Å².